The highest BCUT2D eigenvalue weighted by Crippen LogP contribution is 2.44. The van der Waals surface area contributed by atoms with Crippen LogP contribution in [0.3, 0.4) is 0 Å². The Kier molecular flexibility index (Phi) is 3.67. The summed E-state index contributed by atoms with van der Waals surface area (Å²) in [5.74, 6) is 0.538. The van der Waals surface area contributed by atoms with Gasteiger partial charge in [0, 0.05) is 7.11 Å². The average Bonchev–Trinajstić information content (AvgIpc) is 2.78. The molecule has 0 bridgehead atoms. The number of β-lactam (4-membered cyclic amide) rings is 1. The van der Waals surface area contributed by atoms with Gasteiger partial charge in [0.05, 0.1) is 11.8 Å². The molecule has 0 N–H and O–H groups in total. The summed E-state index contributed by atoms with van der Waals surface area (Å²) < 4.78 is 10.8. The van der Waals surface area contributed by atoms with Crippen molar-refractivity contribution in [1.29, 1.82) is 0 Å². The molecule has 2 saturated heterocycles. The number of carbonyl (C=O) groups is 2. The number of thioether (sulfide) groups is 1. The van der Waals surface area contributed by atoms with Crippen LogP contribution in [0.2, 0.25) is 0 Å². The molecule has 1 aromatic rings. The molecule has 5 nitrogen and oxygen atoms in total. The predicted octanol–water partition coefficient (Wildman–Crippen LogP) is 1.28. The molecule has 6 heteroatoms. The minimum Gasteiger partial charge on any atom is -0.486 e. The number of methoxy groups -OCH3 is 1. The topological polar surface area (TPSA) is 55.8 Å². The lowest BCUT2D eigenvalue weighted by molar-refractivity contribution is -0.151. The van der Waals surface area contributed by atoms with Crippen LogP contribution < -0.4 is 4.74 Å². The Morgan fingerprint density at radius 1 is 1.40 bits per heavy atom. The number of hydrogen-bond donors (Lipinski definition) is 0. The Hall–Kier alpha value is -1.53. The SMILES string of the molecule is COC1S[C@@H]2CC(=O)N2C1C(=O)COc1ccccc1. The molecule has 1 amide bonds. The Morgan fingerprint density at radius 3 is 2.80 bits per heavy atom. The lowest BCUT2D eigenvalue weighted by Gasteiger charge is -2.36. The average molecular weight is 293 g/mol. The molecule has 0 aliphatic carbocycles. The number of rotatable bonds is 5. The van der Waals surface area contributed by atoms with Crippen molar-refractivity contribution < 1.29 is 19.1 Å². The fourth-order valence-electron chi connectivity index (χ4n) is 2.46. The van der Waals surface area contributed by atoms with Crippen LogP contribution in [0.1, 0.15) is 6.42 Å². The maximum Gasteiger partial charge on any atom is 0.227 e. The van der Waals surface area contributed by atoms with Crippen LogP contribution in [-0.2, 0) is 14.3 Å². The number of carbonyl (C=O) groups excluding carboxylic acids is 2. The molecule has 2 heterocycles. The van der Waals surface area contributed by atoms with Crippen LogP contribution >= 0.6 is 11.8 Å². The van der Waals surface area contributed by atoms with E-state index < -0.39 is 6.04 Å². The maximum absolute atomic E-state index is 12.3. The third-order valence-corrected chi connectivity index (χ3v) is 4.91. The van der Waals surface area contributed by atoms with E-state index in [1.807, 2.05) is 18.2 Å². The minimum absolute atomic E-state index is 0.0140. The van der Waals surface area contributed by atoms with Gasteiger partial charge in [0.25, 0.3) is 0 Å². The van der Waals surface area contributed by atoms with Crippen molar-refractivity contribution in [1.82, 2.24) is 4.90 Å². The zero-order valence-electron chi connectivity index (χ0n) is 11.0. The van der Waals surface area contributed by atoms with Crippen molar-refractivity contribution in [3.05, 3.63) is 30.3 Å². The maximum atomic E-state index is 12.3. The molecule has 20 heavy (non-hydrogen) atoms. The summed E-state index contributed by atoms with van der Waals surface area (Å²) in [7, 11) is 1.56. The zero-order chi connectivity index (χ0) is 14.1. The van der Waals surface area contributed by atoms with Gasteiger partial charge in [-0.05, 0) is 12.1 Å². The molecule has 0 radical (unpaired) electrons. The first-order valence-electron chi connectivity index (χ1n) is 6.40. The Balaban J connectivity index is 1.65. The number of nitrogens with zero attached hydrogens (tertiary/aromatic N) is 1. The highest BCUT2D eigenvalue weighted by molar-refractivity contribution is 8.00. The second-order valence-electron chi connectivity index (χ2n) is 4.71. The lowest BCUT2D eigenvalue weighted by atomic mass is 10.1. The minimum atomic E-state index is -0.528. The molecule has 3 atom stereocenters. The number of ether oxygens (including phenoxy) is 2. The van der Waals surface area contributed by atoms with Crippen LogP contribution in [0.25, 0.3) is 0 Å². The fourth-order valence-corrected chi connectivity index (χ4v) is 3.93. The molecule has 0 saturated carbocycles. The Labute approximate surface area is 121 Å². The summed E-state index contributed by atoms with van der Waals surface area (Å²) >= 11 is 1.53. The molecule has 2 aliphatic heterocycles. The molecule has 1 aromatic carbocycles. The quantitative estimate of drug-likeness (QED) is 0.766. The van der Waals surface area contributed by atoms with Gasteiger partial charge in [-0.1, -0.05) is 18.2 Å². The van der Waals surface area contributed by atoms with Gasteiger partial charge in [-0.2, -0.15) is 0 Å². The molecule has 3 rings (SSSR count). The number of benzene rings is 1. The number of para-hydroxylation sites is 1. The van der Waals surface area contributed by atoms with E-state index in [9.17, 15) is 9.59 Å². The number of amides is 1. The summed E-state index contributed by atoms with van der Waals surface area (Å²) in [5, 5.41) is 0.0816. The van der Waals surface area contributed by atoms with E-state index in [1.165, 1.54) is 11.8 Å². The van der Waals surface area contributed by atoms with E-state index >= 15 is 0 Å². The number of fused-ring (bicyclic) bond motifs is 1. The zero-order valence-corrected chi connectivity index (χ0v) is 11.8. The molecule has 2 fully saturated rings. The summed E-state index contributed by atoms with van der Waals surface area (Å²) in [4.78, 5) is 25.6. The van der Waals surface area contributed by atoms with E-state index in [4.69, 9.17) is 9.47 Å². The second kappa shape index (κ2) is 5.46. The first-order chi connectivity index (χ1) is 9.70. The molecule has 0 spiro atoms. The summed E-state index contributed by atoms with van der Waals surface area (Å²) in [6, 6.07) is 8.63. The van der Waals surface area contributed by atoms with E-state index in [2.05, 4.69) is 0 Å². The Bertz CT molecular complexity index is 521. The number of Topliss-reactive ketones (excluding diaryl/α,β-unsaturated/α-hetero) is 1. The summed E-state index contributed by atoms with van der Waals surface area (Å²) in [6.45, 7) is -0.0500. The van der Waals surface area contributed by atoms with Crippen molar-refractivity contribution in [2.75, 3.05) is 13.7 Å². The van der Waals surface area contributed by atoms with Crippen LogP contribution in [0.4, 0.5) is 0 Å². The van der Waals surface area contributed by atoms with Crippen LogP contribution in [-0.4, -0.2) is 47.2 Å². The van der Waals surface area contributed by atoms with Gasteiger partial charge in [0.1, 0.15) is 23.8 Å². The normalized spacial score (nSPS) is 27.9. The van der Waals surface area contributed by atoms with Crippen LogP contribution in [0.15, 0.2) is 30.3 Å². The van der Waals surface area contributed by atoms with Crippen LogP contribution in [0, 0.1) is 0 Å². The van der Waals surface area contributed by atoms with Crippen molar-refractivity contribution in [2.24, 2.45) is 0 Å². The smallest absolute Gasteiger partial charge is 0.227 e. The van der Waals surface area contributed by atoms with Gasteiger partial charge < -0.3 is 14.4 Å². The van der Waals surface area contributed by atoms with Crippen molar-refractivity contribution in [3.63, 3.8) is 0 Å². The molecule has 2 unspecified atom stereocenters. The highest BCUT2D eigenvalue weighted by Gasteiger charge is 2.54. The molecule has 106 valence electrons. The van der Waals surface area contributed by atoms with Gasteiger partial charge in [-0.15, -0.1) is 11.8 Å². The van der Waals surface area contributed by atoms with Crippen molar-refractivity contribution in [3.8, 4) is 5.75 Å². The van der Waals surface area contributed by atoms with E-state index in [-0.39, 0.29) is 29.1 Å². The largest absolute Gasteiger partial charge is 0.486 e. The van der Waals surface area contributed by atoms with Gasteiger partial charge in [-0.3, -0.25) is 9.59 Å². The first kappa shape index (κ1) is 13.5. The molecule has 2 aliphatic rings. The van der Waals surface area contributed by atoms with E-state index in [0.29, 0.717) is 12.2 Å². The highest BCUT2D eigenvalue weighted by atomic mass is 32.2. The van der Waals surface area contributed by atoms with E-state index in [0.717, 1.165) is 0 Å². The van der Waals surface area contributed by atoms with Gasteiger partial charge in [-0.25, -0.2) is 0 Å². The van der Waals surface area contributed by atoms with E-state index in [1.54, 1.807) is 24.1 Å². The second-order valence-corrected chi connectivity index (χ2v) is 5.99. The summed E-state index contributed by atoms with van der Waals surface area (Å²) in [5.41, 5.74) is -0.293. The predicted molar refractivity (Wildman–Crippen MR) is 74.4 cm³/mol. The third kappa shape index (κ3) is 2.29. The monoisotopic (exact) mass is 293 g/mol. The van der Waals surface area contributed by atoms with Crippen molar-refractivity contribution >= 4 is 23.5 Å². The van der Waals surface area contributed by atoms with Gasteiger partial charge >= 0.3 is 0 Å². The molecular formula is C14H15NO4S. The van der Waals surface area contributed by atoms with Crippen molar-refractivity contribution in [2.45, 2.75) is 23.3 Å². The van der Waals surface area contributed by atoms with Gasteiger partial charge in [0.2, 0.25) is 5.91 Å². The van der Waals surface area contributed by atoms with Crippen LogP contribution in [0.5, 0.6) is 5.75 Å². The number of hydrogen-bond acceptors (Lipinski definition) is 5. The Morgan fingerprint density at radius 2 is 2.15 bits per heavy atom. The fraction of sp³-hybridized carbons (Fsp3) is 0.429. The molecule has 0 aromatic heterocycles. The first-order valence-corrected chi connectivity index (χ1v) is 7.35. The lowest BCUT2D eigenvalue weighted by Crippen LogP contribution is -2.56. The van der Waals surface area contributed by atoms with Gasteiger partial charge in [0.15, 0.2) is 5.78 Å². The number of ketones is 1. The standard InChI is InChI=1S/C14H15NO4S/c1-18-14-13(15-11(17)7-12(15)20-14)10(16)8-19-9-5-3-2-4-6-9/h2-6,12-14H,7-8H2,1H3/t12-,13?,14?/m1/s1. The third-order valence-electron chi connectivity index (χ3n) is 3.48. The molecular weight excluding hydrogens is 278 g/mol. The summed E-state index contributed by atoms with van der Waals surface area (Å²) in [6.07, 6.45) is 0.494.